The average Bonchev–Trinajstić information content (AvgIpc) is 3.17. The Bertz CT molecular complexity index is 643. The molecule has 1 atom stereocenters. The topological polar surface area (TPSA) is 43.9 Å². The first-order valence-electron chi connectivity index (χ1n) is 6.80. The fourth-order valence-electron chi connectivity index (χ4n) is 2.34. The van der Waals surface area contributed by atoms with Gasteiger partial charge in [0.1, 0.15) is 11.6 Å². The van der Waals surface area contributed by atoms with Gasteiger partial charge in [-0.3, -0.25) is 4.98 Å². The molecule has 3 rings (SSSR count). The fraction of sp³-hybridized carbons (Fsp3) is 0.250. The van der Waals surface area contributed by atoms with E-state index in [0.29, 0.717) is 6.04 Å². The molecule has 0 spiro atoms. The van der Waals surface area contributed by atoms with E-state index in [1.165, 1.54) is 0 Å². The van der Waals surface area contributed by atoms with E-state index in [4.69, 9.17) is 4.42 Å². The molecule has 4 nitrogen and oxygen atoms in total. The van der Waals surface area contributed by atoms with E-state index in [9.17, 15) is 0 Å². The van der Waals surface area contributed by atoms with Gasteiger partial charge < -0.3 is 8.98 Å². The highest BCUT2D eigenvalue weighted by Crippen LogP contribution is 2.23. The molecule has 0 radical (unpaired) electrons. The molecule has 4 heteroatoms. The second-order valence-corrected chi connectivity index (χ2v) is 4.86. The normalized spacial score (nSPS) is 12.4. The van der Waals surface area contributed by atoms with Crippen LogP contribution >= 0.6 is 0 Å². The first-order chi connectivity index (χ1) is 9.84. The van der Waals surface area contributed by atoms with Crippen LogP contribution in [-0.4, -0.2) is 14.5 Å². The summed E-state index contributed by atoms with van der Waals surface area (Å²) in [6.45, 7) is 2.20. The first kappa shape index (κ1) is 12.7. The third kappa shape index (κ3) is 2.64. The lowest BCUT2D eigenvalue weighted by atomic mass is 10.1. The van der Waals surface area contributed by atoms with Gasteiger partial charge in [0.2, 0.25) is 0 Å². The van der Waals surface area contributed by atoms with Crippen molar-refractivity contribution in [3.8, 4) is 11.4 Å². The zero-order valence-electron chi connectivity index (χ0n) is 11.4. The van der Waals surface area contributed by atoms with Crippen molar-refractivity contribution >= 4 is 0 Å². The molecular weight excluding hydrogens is 250 g/mol. The van der Waals surface area contributed by atoms with Crippen LogP contribution < -0.4 is 0 Å². The van der Waals surface area contributed by atoms with Gasteiger partial charge in [0.05, 0.1) is 6.26 Å². The number of pyridine rings is 1. The SMILES string of the molecule is CC(CCc1ccco1)n1ccnc1-c1ccncc1. The maximum atomic E-state index is 5.38. The smallest absolute Gasteiger partial charge is 0.140 e. The summed E-state index contributed by atoms with van der Waals surface area (Å²) < 4.78 is 7.59. The molecule has 0 fully saturated rings. The Kier molecular flexibility index (Phi) is 3.63. The van der Waals surface area contributed by atoms with Crippen molar-refractivity contribution in [2.45, 2.75) is 25.8 Å². The highest BCUT2D eigenvalue weighted by atomic mass is 16.3. The fourth-order valence-corrected chi connectivity index (χ4v) is 2.34. The second-order valence-electron chi connectivity index (χ2n) is 4.86. The number of aryl methyl sites for hydroxylation is 1. The Balaban J connectivity index is 1.75. The number of furan rings is 1. The maximum absolute atomic E-state index is 5.38. The van der Waals surface area contributed by atoms with E-state index in [2.05, 4.69) is 21.5 Å². The van der Waals surface area contributed by atoms with E-state index in [1.807, 2.05) is 36.7 Å². The molecule has 3 aromatic rings. The number of aromatic nitrogens is 3. The third-order valence-electron chi connectivity index (χ3n) is 3.47. The van der Waals surface area contributed by atoms with Crippen LogP contribution in [0.15, 0.2) is 59.7 Å². The molecule has 0 saturated heterocycles. The van der Waals surface area contributed by atoms with Gasteiger partial charge in [-0.25, -0.2) is 4.98 Å². The van der Waals surface area contributed by atoms with Crippen LogP contribution in [0, 0.1) is 0 Å². The van der Waals surface area contributed by atoms with Crippen LogP contribution in [0.5, 0.6) is 0 Å². The summed E-state index contributed by atoms with van der Waals surface area (Å²) in [6.07, 6.45) is 11.1. The van der Waals surface area contributed by atoms with Crippen molar-refractivity contribution in [1.29, 1.82) is 0 Å². The predicted octanol–water partition coefficient (Wildman–Crippen LogP) is 3.73. The van der Waals surface area contributed by atoms with Crippen molar-refractivity contribution in [3.05, 3.63) is 61.1 Å². The lowest BCUT2D eigenvalue weighted by Crippen LogP contribution is -2.07. The van der Waals surface area contributed by atoms with Gasteiger partial charge >= 0.3 is 0 Å². The quantitative estimate of drug-likeness (QED) is 0.707. The zero-order valence-corrected chi connectivity index (χ0v) is 11.4. The minimum atomic E-state index is 0.366. The van der Waals surface area contributed by atoms with Crippen molar-refractivity contribution in [2.75, 3.05) is 0 Å². The van der Waals surface area contributed by atoms with Gasteiger partial charge in [-0.2, -0.15) is 0 Å². The molecule has 0 saturated carbocycles. The molecular formula is C16H17N3O. The van der Waals surface area contributed by atoms with E-state index >= 15 is 0 Å². The zero-order chi connectivity index (χ0) is 13.8. The number of nitrogens with zero attached hydrogens (tertiary/aromatic N) is 3. The van der Waals surface area contributed by atoms with Gasteiger partial charge in [0, 0.05) is 42.8 Å². The molecule has 3 heterocycles. The van der Waals surface area contributed by atoms with Crippen LogP contribution in [0.25, 0.3) is 11.4 Å². The molecule has 0 aromatic carbocycles. The average molecular weight is 267 g/mol. The van der Waals surface area contributed by atoms with Gasteiger partial charge in [-0.1, -0.05) is 0 Å². The van der Waals surface area contributed by atoms with E-state index in [0.717, 1.165) is 30.0 Å². The van der Waals surface area contributed by atoms with E-state index < -0.39 is 0 Å². The monoisotopic (exact) mass is 267 g/mol. The third-order valence-corrected chi connectivity index (χ3v) is 3.47. The number of imidazole rings is 1. The van der Waals surface area contributed by atoms with Crippen LogP contribution in [0.4, 0.5) is 0 Å². The van der Waals surface area contributed by atoms with Crippen LogP contribution in [-0.2, 0) is 6.42 Å². The maximum Gasteiger partial charge on any atom is 0.140 e. The Morgan fingerprint density at radius 1 is 1.20 bits per heavy atom. The van der Waals surface area contributed by atoms with Crippen LogP contribution in [0.2, 0.25) is 0 Å². The minimum absolute atomic E-state index is 0.366. The standard InChI is InChI=1S/C16H17N3O/c1-13(4-5-15-3-2-12-20-15)19-11-10-18-16(19)14-6-8-17-9-7-14/h2-3,6-13H,4-5H2,1H3. The van der Waals surface area contributed by atoms with Crippen LogP contribution in [0.1, 0.15) is 25.1 Å². The summed E-state index contributed by atoms with van der Waals surface area (Å²) in [4.78, 5) is 8.51. The van der Waals surface area contributed by atoms with E-state index in [-0.39, 0.29) is 0 Å². The molecule has 1 unspecified atom stereocenters. The predicted molar refractivity (Wildman–Crippen MR) is 77.2 cm³/mol. The van der Waals surface area contributed by atoms with Gasteiger partial charge in [0.25, 0.3) is 0 Å². The molecule has 0 bridgehead atoms. The molecule has 102 valence electrons. The molecule has 20 heavy (non-hydrogen) atoms. The Labute approximate surface area is 118 Å². The largest absolute Gasteiger partial charge is 0.469 e. The Morgan fingerprint density at radius 3 is 2.80 bits per heavy atom. The molecule has 0 N–H and O–H groups in total. The first-order valence-corrected chi connectivity index (χ1v) is 6.80. The van der Waals surface area contributed by atoms with Crippen molar-refractivity contribution in [3.63, 3.8) is 0 Å². The summed E-state index contributed by atoms with van der Waals surface area (Å²) in [5.41, 5.74) is 1.09. The summed E-state index contributed by atoms with van der Waals surface area (Å²) in [6, 6.07) is 8.28. The molecule has 0 aliphatic heterocycles. The molecule has 0 amide bonds. The van der Waals surface area contributed by atoms with Gasteiger partial charge in [-0.05, 0) is 37.6 Å². The van der Waals surface area contributed by atoms with Gasteiger partial charge in [-0.15, -0.1) is 0 Å². The van der Waals surface area contributed by atoms with Crippen molar-refractivity contribution in [2.24, 2.45) is 0 Å². The van der Waals surface area contributed by atoms with Gasteiger partial charge in [0.15, 0.2) is 0 Å². The second kappa shape index (κ2) is 5.74. The number of hydrogen-bond donors (Lipinski definition) is 0. The van der Waals surface area contributed by atoms with Crippen LogP contribution in [0.3, 0.4) is 0 Å². The van der Waals surface area contributed by atoms with Crippen molar-refractivity contribution < 1.29 is 4.42 Å². The molecule has 3 aromatic heterocycles. The van der Waals surface area contributed by atoms with Crippen molar-refractivity contribution in [1.82, 2.24) is 14.5 Å². The summed E-state index contributed by atoms with van der Waals surface area (Å²) in [7, 11) is 0. The summed E-state index contributed by atoms with van der Waals surface area (Å²) in [5, 5.41) is 0. The van der Waals surface area contributed by atoms with E-state index in [1.54, 1.807) is 18.7 Å². The molecule has 0 aliphatic carbocycles. The number of hydrogen-bond acceptors (Lipinski definition) is 3. The lowest BCUT2D eigenvalue weighted by Gasteiger charge is -2.15. The Morgan fingerprint density at radius 2 is 2.05 bits per heavy atom. The summed E-state index contributed by atoms with van der Waals surface area (Å²) in [5.74, 6) is 2.02. The minimum Gasteiger partial charge on any atom is -0.469 e. The highest BCUT2D eigenvalue weighted by Gasteiger charge is 2.12. The Hall–Kier alpha value is -2.36. The molecule has 0 aliphatic rings. The number of rotatable bonds is 5. The highest BCUT2D eigenvalue weighted by molar-refractivity contribution is 5.54. The lowest BCUT2D eigenvalue weighted by molar-refractivity contribution is 0.454. The summed E-state index contributed by atoms with van der Waals surface area (Å²) >= 11 is 0.